The molecule has 0 radical (unpaired) electrons. The Morgan fingerprint density at radius 3 is 2.69 bits per heavy atom. The lowest BCUT2D eigenvalue weighted by molar-refractivity contribution is 0.0173. The summed E-state index contributed by atoms with van der Waals surface area (Å²) < 4.78 is 0. The lowest BCUT2D eigenvalue weighted by Gasteiger charge is -2.17. The third kappa shape index (κ3) is 3.19. The summed E-state index contributed by atoms with van der Waals surface area (Å²) in [6.45, 7) is 0. The monoisotopic (exact) mass is 303 g/mol. The molecule has 0 amide bonds. The number of halogens is 2. The first-order valence-electron chi connectivity index (χ1n) is 4.71. The van der Waals surface area contributed by atoms with E-state index in [9.17, 15) is 10.2 Å². The summed E-state index contributed by atoms with van der Waals surface area (Å²) in [5.41, 5.74) is 0.790. The minimum absolute atomic E-state index is 0.296. The van der Waals surface area contributed by atoms with Crippen molar-refractivity contribution >= 4 is 27.5 Å². The van der Waals surface area contributed by atoms with Crippen LogP contribution in [-0.2, 0) is 0 Å². The number of hydrogen-bond donors (Lipinski definition) is 2. The molecule has 1 aromatic rings. The van der Waals surface area contributed by atoms with Crippen LogP contribution in [0.15, 0.2) is 18.2 Å². The van der Waals surface area contributed by atoms with Crippen LogP contribution in [0.4, 0.5) is 0 Å². The molecule has 1 aromatic carbocycles. The van der Waals surface area contributed by atoms with E-state index >= 15 is 0 Å². The van der Waals surface area contributed by atoms with Gasteiger partial charge in [-0.3, -0.25) is 0 Å². The van der Waals surface area contributed by atoms with E-state index < -0.39 is 12.2 Å². The number of aliphatic hydroxyl groups excluding tert-OH is 2. The van der Waals surface area contributed by atoms with E-state index in [0.717, 1.165) is 0 Å². The molecule has 0 heterocycles. The van der Waals surface area contributed by atoms with Crippen LogP contribution in [-0.4, -0.2) is 21.6 Å². The fraction of sp³-hybridized carbons (Fsp3) is 0.364. The first-order chi connectivity index (χ1) is 7.60. The Morgan fingerprint density at radius 2 is 2.12 bits per heavy atom. The van der Waals surface area contributed by atoms with Gasteiger partial charge in [0.1, 0.15) is 12.2 Å². The summed E-state index contributed by atoms with van der Waals surface area (Å²) >= 11 is 8.95. The topological polar surface area (TPSA) is 64.2 Å². The van der Waals surface area contributed by atoms with Crippen molar-refractivity contribution in [2.45, 2.75) is 18.6 Å². The maximum absolute atomic E-state index is 9.81. The molecule has 3 nitrogen and oxygen atoms in total. The maximum atomic E-state index is 9.81. The lowest BCUT2D eigenvalue weighted by Crippen LogP contribution is -2.18. The largest absolute Gasteiger partial charge is 0.390 e. The normalized spacial score (nSPS) is 14.2. The fourth-order valence-electron chi connectivity index (χ4n) is 1.30. The predicted molar refractivity (Wildman–Crippen MR) is 65.5 cm³/mol. The van der Waals surface area contributed by atoms with E-state index in [1.54, 1.807) is 12.1 Å². The van der Waals surface area contributed by atoms with Crippen molar-refractivity contribution in [3.63, 3.8) is 0 Å². The Kier molecular flexibility index (Phi) is 5.23. The number of nitrogens with zero attached hydrogens (tertiary/aromatic N) is 1. The van der Waals surface area contributed by atoms with Gasteiger partial charge in [-0.25, -0.2) is 0 Å². The zero-order valence-electron chi connectivity index (χ0n) is 8.40. The molecular weight excluding hydrogens is 293 g/mol. The van der Waals surface area contributed by atoms with E-state index in [-0.39, 0.29) is 0 Å². The summed E-state index contributed by atoms with van der Waals surface area (Å²) in [7, 11) is 0. The van der Waals surface area contributed by atoms with Crippen molar-refractivity contribution in [2.75, 3.05) is 5.33 Å². The molecule has 0 fully saturated rings. The van der Waals surface area contributed by atoms with Crippen LogP contribution in [0.2, 0.25) is 5.02 Å². The van der Waals surface area contributed by atoms with Crippen molar-refractivity contribution in [1.82, 2.24) is 0 Å². The molecule has 0 saturated carbocycles. The highest BCUT2D eigenvalue weighted by atomic mass is 79.9. The predicted octanol–water partition coefficient (Wildman–Crippen LogP) is 2.39. The minimum atomic E-state index is -0.998. The number of benzene rings is 1. The molecule has 0 saturated heterocycles. The smallest absolute Gasteiger partial charge is 0.105 e. The number of alkyl halides is 1. The zero-order valence-corrected chi connectivity index (χ0v) is 10.7. The van der Waals surface area contributed by atoms with Crippen molar-refractivity contribution in [3.05, 3.63) is 34.3 Å². The van der Waals surface area contributed by atoms with Crippen LogP contribution in [0.3, 0.4) is 0 Å². The second-order valence-electron chi connectivity index (χ2n) is 3.34. The average molecular weight is 305 g/mol. The number of aliphatic hydroxyl groups is 2. The molecule has 2 unspecified atom stereocenters. The third-order valence-corrected chi connectivity index (χ3v) is 3.01. The standard InChI is InChI=1S/C11H11BrClNO2/c12-4-3-10(15)11(16)7-1-2-9(13)8(5-7)6-14/h1-2,5,10-11,15-16H,3-4H2. The molecule has 86 valence electrons. The summed E-state index contributed by atoms with van der Waals surface area (Å²) in [6.07, 6.45) is -1.42. The van der Waals surface area contributed by atoms with Gasteiger partial charge in [0, 0.05) is 5.33 Å². The van der Waals surface area contributed by atoms with Crippen LogP contribution in [0.1, 0.15) is 23.7 Å². The SMILES string of the molecule is N#Cc1cc(C(O)C(O)CCBr)ccc1Cl. The van der Waals surface area contributed by atoms with Crippen molar-refractivity contribution in [1.29, 1.82) is 5.26 Å². The number of hydrogen-bond acceptors (Lipinski definition) is 3. The van der Waals surface area contributed by atoms with Crippen LogP contribution in [0.5, 0.6) is 0 Å². The summed E-state index contributed by atoms with van der Waals surface area (Å²) in [5, 5.41) is 29.1. The summed E-state index contributed by atoms with van der Waals surface area (Å²) in [5.74, 6) is 0. The highest BCUT2D eigenvalue weighted by Gasteiger charge is 2.18. The Hall–Kier alpha value is -0.600. The van der Waals surface area contributed by atoms with Gasteiger partial charge in [-0.15, -0.1) is 0 Å². The number of nitriles is 1. The maximum Gasteiger partial charge on any atom is 0.105 e. The van der Waals surface area contributed by atoms with Crippen LogP contribution in [0, 0.1) is 11.3 Å². The van der Waals surface area contributed by atoms with Gasteiger partial charge < -0.3 is 10.2 Å². The first-order valence-corrected chi connectivity index (χ1v) is 6.21. The zero-order chi connectivity index (χ0) is 12.1. The second-order valence-corrected chi connectivity index (χ2v) is 4.54. The highest BCUT2D eigenvalue weighted by molar-refractivity contribution is 9.09. The van der Waals surface area contributed by atoms with Gasteiger partial charge in [-0.05, 0) is 24.1 Å². The highest BCUT2D eigenvalue weighted by Crippen LogP contribution is 2.24. The Morgan fingerprint density at radius 1 is 1.44 bits per heavy atom. The van der Waals surface area contributed by atoms with Gasteiger partial charge in [-0.1, -0.05) is 33.6 Å². The first kappa shape index (κ1) is 13.5. The molecule has 2 atom stereocenters. The van der Waals surface area contributed by atoms with E-state index in [1.165, 1.54) is 6.07 Å². The summed E-state index contributed by atoms with van der Waals surface area (Å²) in [4.78, 5) is 0. The minimum Gasteiger partial charge on any atom is -0.390 e. The molecule has 5 heteroatoms. The van der Waals surface area contributed by atoms with Gasteiger partial charge in [0.25, 0.3) is 0 Å². The van der Waals surface area contributed by atoms with Crippen molar-refractivity contribution < 1.29 is 10.2 Å². The van der Waals surface area contributed by atoms with E-state index in [2.05, 4.69) is 15.9 Å². The lowest BCUT2D eigenvalue weighted by atomic mass is 10.0. The van der Waals surface area contributed by atoms with Gasteiger partial charge in [0.05, 0.1) is 16.7 Å². The van der Waals surface area contributed by atoms with Gasteiger partial charge in [0.15, 0.2) is 0 Å². The van der Waals surface area contributed by atoms with Crippen LogP contribution < -0.4 is 0 Å². The van der Waals surface area contributed by atoms with Crippen molar-refractivity contribution in [2.24, 2.45) is 0 Å². The molecule has 0 aliphatic rings. The molecule has 0 aliphatic carbocycles. The molecule has 0 spiro atoms. The molecular formula is C11H11BrClNO2. The molecule has 2 N–H and O–H groups in total. The molecule has 0 aromatic heterocycles. The second kappa shape index (κ2) is 6.21. The Balaban J connectivity index is 2.92. The summed E-state index contributed by atoms with van der Waals surface area (Å²) in [6, 6.07) is 6.56. The van der Waals surface area contributed by atoms with Crippen LogP contribution >= 0.6 is 27.5 Å². The van der Waals surface area contributed by atoms with Gasteiger partial charge in [0.2, 0.25) is 0 Å². The molecule has 0 bridgehead atoms. The fourth-order valence-corrected chi connectivity index (χ4v) is 1.93. The van der Waals surface area contributed by atoms with Crippen LogP contribution in [0.25, 0.3) is 0 Å². The average Bonchev–Trinajstić information content (AvgIpc) is 2.29. The van der Waals surface area contributed by atoms with Gasteiger partial charge in [-0.2, -0.15) is 5.26 Å². The van der Waals surface area contributed by atoms with Gasteiger partial charge >= 0.3 is 0 Å². The molecule has 16 heavy (non-hydrogen) atoms. The van der Waals surface area contributed by atoms with Crippen molar-refractivity contribution in [3.8, 4) is 6.07 Å². The Labute approximate surface area is 107 Å². The molecule has 1 rings (SSSR count). The quantitative estimate of drug-likeness (QED) is 0.840. The van der Waals surface area contributed by atoms with E-state index in [0.29, 0.717) is 27.9 Å². The third-order valence-electron chi connectivity index (χ3n) is 2.22. The Bertz CT molecular complexity index is 405. The molecule has 0 aliphatic heterocycles. The van der Waals surface area contributed by atoms with E-state index in [1.807, 2.05) is 6.07 Å². The van der Waals surface area contributed by atoms with E-state index in [4.69, 9.17) is 16.9 Å². The number of rotatable bonds is 4.